The predicted molar refractivity (Wildman–Crippen MR) is 53.6 cm³/mol. The Bertz CT molecular complexity index is 415. The zero-order valence-electron chi connectivity index (χ0n) is 7.65. The molecule has 0 bridgehead atoms. The van der Waals surface area contributed by atoms with Crippen LogP contribution in [0.2, 0.25) is 0 Å². The van der Waals surface area contributed by atoms with Gasteiger partial charge in [-0.1, -0.05) is 15.9 Å². The van der Waals surface area contributed by atoms with Crippen molar-refractivity contribution < 1.29 is 18.0 Å². The van der Waals surface area contributed by atoms with Crippen LogP contribution in [-0.4, -0.2) is 5.78 Å². The van der Waals surface area contributed by atoms with E-state index in [2.05, 4.69) is 15.9 Å². The highest BCUT2D eigenvalue weighted by Crippen LogP contribution is 2.39. The molecule has 15 heavy (non-hydrogen) atoms. The number of nitrogen functional groups attached to an aromatic ring is 1. The molecule has 0 aliphatic rings. The minimum absolute atomic E-state index is 0.0940. The quantitative estimate of drug-likeness (QED) is 0.634. The van der Waals surface area contributed by atoms with E-state index in [1.807, 2.05) is 0 Å². The molecule has 0 fully saturated rings. The van der Waals surface area contributed by atoms with E-state index in [0.717, 1.165) is 13.0 Å². The Balaban J connectivity index is 3.60. The molecule has 82 valence electrons. The highest BCUT2D eigenvalue weighted by atomic mass is 79.9. The largest absolute Gasteiger partial charge is 0.419 e. The lowest BCUT2D eigenvalue weighted by molar-refractivity contribution is -0.137. The SMILES string of the molecule is CC(=O)c1c(Br)ccc(N)c1C(F)(F)F. The van der Waals surface area contributed by atoms with Gasteiger partial charge in [-0.2, -0.15) is 13.2 Å². The third-order valence-corrected chi connectivity index (χ3v) is 2.48. The standard InChI is InChI=1S/C9H7BrF3NO/c1-4(15)7-5(10)2-3-6(14)8(7)9(11,12)13/h2-3H,14H2,1H3. The Labute approximate surface area is 92.4 Å². The van der Waals surface area contributed by atoms with Crippen LogP contribution in [-0.2, 0) is 6.18 Å². The fourth-order valence-corrected chi connectivity index (χ4v) is 1.85. The second-order valence-corrected chi connectivity index (χ2v) is 3.79. The second-order valence-electron chi connectivity index (χ2n) is 2.94. The molecule has 1 aromatic rings. The molecule has 0 aromatic heterocycles. The summed E-state index contributed by atoms with van der Waals surface area (Å²) in [6.45, 7) is 1.06. The van der Waals surface area contributed by atoms with E-state index in [4.69, 9.17) is 5.73 Å². The summed E-state index contributed by atoms with van der Waals surface area (Å²) >= 11 is 2.90. The highest BCUT2D eigenvalue weighted by molar-refractivity contribution is 9.10. The summed E-state index contributed by atoms with van der Waals surface area (Å²) in [4.78, 5) is 11.1. The van der Waals surface area contributed by atoms with Gasteiger partial charge >= 0.3 is 6.18 Å². The number of carbonyl (C=O) groups is 1. The maximum absolute atomic E-state index is 12.6. The average molecular weight is 282 g/mol. The van der Waals surface area contributed by atoms with Crippen LogP contribution in [0.1, 0.15) is 22.8 Å². The van der Waals surface area contributed by atoms with Gasteiger partial charge in [-0.25, -0.2) is 0 Å². The van der Waals surface area contributed by atoms with Crippen molar-refractivity contribution in [2.24, 2.45) is 0 Å². The van der Waals surface area contributed by atoms with E-state index in [1.54, 1.807) is 0 Å². The molecule has 0 radical (unpaired) electrons. The fourth-order valence-electron chi connectivity index (χ4n) is 1.24. The minimum atomic E-state index is -4.63. The van der Waals surface area contributed by atoms with E-state index >= 15 is 0 Å². The number of Topliss-reactive ketones (excluding diaryl/α,β-unsaturated/α-hetero) is 1. The molecule has 0 spiro atoms. The first-order valence-electron chi connectivity index (χ1n) is 3.91. The predicted octanol–water partition coefficient (Wildman–Crippen LogP) is 3.25. The Morgan fingerprint density at radius 3 is 2.27 bits per heavy atom. The molecular weight excluding hydrogens is 275 g/mol. The van der Waals surface area contributed by atoms with Gasteiger partial charge in [-0.3, -0.25) is 4.79 Å². The summed E-state index contributed by atoms with van der Waals surface area (Å²) in [5.74, 6) is -0.679. The number of hydrogen-bond donors (Lipinski definition) is 1. The summed E-state index contributed by atoms with van der Waals surface area (Å²) in [6, 6.07) is 2.43. The number of hydrogen-bond acceptors (Lipinski definition) is 2. The molecule has 0 saturated carbocycles. The lowest BCUT2D eigenvalue weighted by Crippen LogP contribution is -2.15. The normalized spacial score (nSPS) is 11.5. The number of rotatable bonds is 1. The third-order valence-electron chi connectivity index (χ3n) is 1.82. The van der Waals surface area contributed by atoms with Crippen molar-refractivity contribution in [3.05, 3.63) is 27.7 Å². The van der Waals surface area contributed by atoms with Crippen molar-refractivity contribution in [3.8, 4) is 0 Å². The van der Waals surface area contributed by atoms with Crippen LogP contribution in [0.4, 0.5) is 18.9 Å². The van der Waals surface area contributed by atoms with Crippen LogP contribution in [0.3, 0.4) is 0 Å². The van der Waals surface area contributed by atoms with Gasteiger partial charge in [0, 0.05) is 15.7 Å². The maximum Gasteiger partial charge on any atom is 0.419 e. The number of halogens is 4. The zero-order valence-corrected chi connectivity index (χ0v) is 9.24. The van der Waals surface area contributed by atoms with Gasteiger partial charge in [0.15, 0.2) is 5.78 Å². The van der Waals surface area contributed by atoms with Crippen molar-refractivity contribution in [3.63, 3.8) is 0 Å². The first kappa shape index (κ1) is 12.0. The van der Waals surface area contributed by atoms with Gasteiger partial charge in [-0.05, 0) is 19.1 Å². The molecule has 1 rings (SSSR count). The van der Waals surface area contributed by atoms with E-state index in [9.17, 15) is 18.0 Å². The van der Waals surface area contributed by atoms with Gasteiger partial charge in [0.05, 0.1) is 5.56 Å². The van der Waals surface area contributed by atoms with Crippen molar-refractivity contribution in [2.75, 3.05) is 5.73 Å². The van der Waals surface area contributed by atoms with Crippen molar-refractivity contribution in [2.45, 2.75) is 13.1 Å². The molecule has 0 saturated heterocycles. The Kier molecular flexibility index (Phi) is 3.08. The van der Waals surface area contributed by atoms with E-state index in [0.29, 0.717) is 0 Å². The molecule has 1 aromatic carbocycles. The van der Waals surface area contributed by atoms with Crippen LogP contribution in [0, 0.1) is 0 Å². The van der Waals surface area contributed by atoms with Crippen LogP contribution in [0.5, 0.6) is 0 Å². The summed E-state index contributed by atoms with van der Waals surface area (Å²) in [5.41, 5.74) is 3.27. The van der Waals surface area contributed by atoms with Gasteiger partial charge in [0.25, 0.3) is 0 Å². The van der Waals surface area contributed by atoms with Crippen LogP contribution >= 0.6 is 15.9 Å². The number of benzene rings is 1. The number of alkyl halides is 3. The summed E-state index contributed by atoms with van der Waals surface area (Å²) < 4.78 is 37.9. The molecule has 0 aliphatic carbocycles. The number of nitrogens with two attached hydrogens (primary N) is 1. The number of anilines is 1. The van der Waals surface area contributed by atoms with Gasteiger partial charge in [0.2, 0.25) is 0 Å². The van der Waals surface area contributed by atoms with Crippen LogP contribution in [0.25, 0.3) is 0 Å². The lowest BCUT2D eigenvalue weighted by atomic mass is 10.0. The van der Waals surface area contributed by atoms with Crippen LogP contribution in [0.15, 0.2) is 16.6 Å². The Morgan fingerprint density at radius 1 is 1.40 bits per heavy atom. The van der Waals surface area contributed by atoms with E-state index in [1.165, 1.54) is 6.07 Å². The number of ketones is 1. The first-order valence-corrected chi connectivity index (χ1v) is 4.70. The van der Waals surface area contributed by atoms with Gasteiger partial charge < -0.3 is 5.73 Å². The van der Waals surface area contributed by atoms with Crippen molar-refractivity contribution in [1.29, 1.82) is 0 Å². The molecule has 0 atom stereocenters. The lowest BCUT2D eigenvalue weighted by Gasteiger charge is -2.14. The highest BCUT2D eigenvalue weighted by Gasteiger charge is 2.37. The average Bonchev–Trinajstić information content (AvgIpc) is 2.05. The molecule has 0 amide bonds. The van der Waals surface area contributed by atoms with Crippen molar-refractivity contribution in [1.82, 2.24) is 0 Å². The topological polar surface area (TPSA) is 43.1 Å². The van der Waals surface area contributed by atoms with Gasteiger partial charge in [0.1, 0.15) is 0 Å². The second kappa shape index (κ2) is 3.84. The van der Waals surface area contributed by atoms with E-state index < -0.39 is 28.8 Å². The van der Waals surface area contributed by atoms with Crippen LogP contribution < -0.4 is 5.73 Å². The Hall–Kier alpha value is -1.04. The molecule has 2 N–H and O–H groups in total. The molecule has 2 nitrogen and oxygen atoms in total. The molecule has 6 heteroatoms. The summed E-state index contributed by atoms with van der Waals surface area (Å²) in [7, 11) is 0. The van der Waals surface area contributed by atoms with E-state index in [-0.39, 0.29) is 4.47 Å². The monoisotopic (exact) mass is 281 g/mol. The molecular formula is C9H7BrF3NO. The zero-order chi connectivity index (χ0) is 11.8. The maximum atomic E-state index is 12.6. The summed E-state index contributed by atoms with van der Waals surface area (Å²) in [5, 5.41) is 0. The number of carbonyl (C=O) groups excluding carboxylic acids is 1. The molecule has 0 aliphatic heterocycles. The fraction of sp³-hybridized carbons (Fsp3) is 0.222. The smallest absolute Gasteiger partial charge is 0.398 e. The first-order chi connectivity index (χ1) is 6.75. The van der Waals surface area contributed by atoms with Gasteiger partial charge in [-0.15, -0.1) is 0 Å². The van der Waals surface area contributed by atoms with Crippen molar-refractivity contribution >= 4 is 27.4 Å². The Morgan fingerprint density at radius 2 is 1.93 bits per heavy atom. The third kappa shape index (κ3) is 2.31. The molecule has 0 heterocycles. The molecule has 0 unspecified atom stereocenters. The minimum Gasteiger partial charge on any atom is -0.398 e. The summed E-state index contributed by atoms with van der Waals surface area (Å²) in [6.07, 6.45) is -4.63.